The van der Waals surface area contributed by atoms with E-state index in [9.17, 15) is 45.1 Å². The summed E-state index contributed by atoms with van der Waals surface area (Å²) in [5.41, 5.74) is 0.180. The van der Waals surface area contributed by atoms with Crippen LogP contribution in [0.15, 0.2) is 36.5 Å². The first-order valence-corrected chi connectivity index (χ1v) is 16.0. The van der Waals surface area contributed by atoms with E-state index in [0.717, 1.165) is 37.8 Å². The zero-order valence-corrected chi connectivity index (χ0v) is 28.0. The van der Waals surface area contributed by atoms with Crippen molar-refractivity contribution in [3.8, 4) is 17.0 Å². The minimum absolute atomic E-state index is 0.00601. The number of carboxylic acids is 1. The quantitative estimate of drug-likeness (QED) is 0.220. The molecule has 1 atom stereocenters. The highest BCUT2D eigenvalue weighted by Crippen LogP contribution is 2.31. The molecule has 2 saturated heterocycles. The van der Waals surface area contributed by atoms with E-state index < -0.39 is 42.0 Å². The summed E-state index contributed by atoms with van der Waals surface area (Å²) in [6.45, 7) is 0.00652. The third-order valence-corrected chi connectivity index (χ3v) is 8.62. The van der Waals surface area contributed by atoms with E-state index in [1.165, 1.54) is 29.8 Å². The van der Waals surface area contributed by atoms with Crippen LogP contribution in [-0.4, -0.2) is 88.8 Å². The summed E-state index contributed by atoms with van der Waals surface area (Å²) in [4.78, 5) is 53.3. The molecule has 1 unspecified atom stereocenters. The number of imidazole rings is 1. The largest absolute Gasteiger partial charge is 0.490 e. The summed E-state index contributed by atoms with van der Waals surface area (Å²) >= 11 is 6.42. The number of carboxylic acid groups (broad SMARTS) is 1. The number of alkyl halides is 5. The molecule has 4 N–H and O–H groups in total. The van der Waals surface area contributed by atoms with Crippen molar-refractivity contribution in [2.45, 2.75) is 32.1 Å². The van der Waals surface area contributed by atoms with Crippen LogP contribution in [0.1, 0.15) is 40.2 Å². The molecule has 3 aromatic rings. The smallest absolute Gasteiger partial charge is 0.475 e. The zero-order valence-electron chi connectivity index (χ0n) is 27.2. The van der Waals surface area contributed by atoms with Crippen molar-refractivity contribution < 1.29 is 59.8 Å². The molecule has 2 aliphatic heterocycles. The number of aliphatic carboxylic acids is 1. The Bertz CT molecular complexity index is 1790. The summed E-state index contributed by atoms with van der Waals surface area (Å²) in [7, 11) is 1.40. The number of anilines is 1. The van der Waals surface area contributed by atoms with Gasteiger partial charge in [-0.2, -0.15) is 26.3 Å². The second-order valence-corrected chi connectivity index (χ2v) is 12.2. The molecular formula is C32H32ClF7N6O6. The SMILES string of the molecule is Cn1c(-c2ccc(OC(F)F)c(F)c2F)cnc1C(=O)Nc1ccc(C(=O)N2CCC(C(=O)NCC3CCNC3)CC2)c(Cl)c1.O=C(O)C(F)(F)F. The number of carbonyl (C=O) groups is 4. The van der Waals surface area contributed by atoms with E-state index in [2.05, 4.69) is 25.7 Å². The van der Waals surface area contributed by atoms with Crippen LogP contribution < -0.4 is 20.7 Å². The van der Waals surface area contributed by atoms with Crippen LogP contribution >= 0.6 is 11.6 Å². The van der Waals surface area contributed by atoms with Gasteiger partial charge in [-0.25, -0.2) is 14.2 Å². The van der Waals surface area contributed by atoms with Crippen molar-refractivity contribution in [3.63, 3.8) is 0 Å². The third-order valence-electron chi connectivity index (χ3n) is 8.31. The third kappa shape index (κ3) is 9.90. The lowest BCUT2D eigenvalue weighted by molar-refractivity contribution is -0.192. The maximum Gasteiger partial charge on any atom is 0.490 e. The van der Waals surface area contributed by atoms with E-state index in [-0.39, 0.29) is 51.1 Å². The van der Waals surface area contributed by atoms with E-state index in [4.69, 9.17) is 21.5 Å². The lowest BCUT2D eigenvalue weighted by atomic mass is 9.95. The number of amides is 3. The van der Waals surface area contributed by atoms with Gasteiger partial charge in [0.25, 0.3) is 11.8 Å². The van der Waals surface area contributed by atoms with Gasteiger partial charge in [0, 0.05) is 43.9 Å². The maximum absolute atomic E-state index is 14.6. The summed E-state index contributed by atoms with van der Waals surface area (Å²) in [6.07, 6.45) is -1.82. The molecule has 0 saturated carbocycles. The first kappa shape index (κ1) is 39.9. The molecule has 3 heterocycles. The van der Waals surface area contributed by atoms with Crippen LogP contribution in [0.25, 0.3) is 11.3 Å². The fourth-order valence-electron chi connectivity index (χ4n) is 5.53. The van der Waals surface area contributed by atoms with E-state index in [0.29, 0.717) is 38.4 Å². The van der Waals surface area contributed by atoms with E-state index >= 15 is 0 Å². The monoisotopic (exact) mass is 764 g/mol. The lowest BCUT2D eigenvalue weighted by Crippen LogP contribution is -2.44. The normalized spacial score (nSPS) is 16.3. The number of nitrogens with zero attached hydrogens (tertiary/aromatic N) is 3. The van der Waals surface area contributed by atoms with Crippen molar-refractivity contribution in [1.82, 2.24) is 25.1 Å². The fourth-order valence-corrected chi connectivity index (χ4v) is 5.80. The number of piperidine rings is 1. The van der Waals surface area contributed by atoms with Crippen LogP contribution in [0.5, 0.6) is 5.75 Å². The number of halogens is 8. The number of aromatic nitrogens is 2. The molecule has 5 rings (SSSR count). The summed E-state index contributed by atoms with van der Waals surface area (Å²) in [5.74, 6) is -7.61. The van der Waals surface area contributed by atoms with Crippen molar-refractivity contribution in [2.24, 2.45) is 18.9 Å². The molecule has 20 heteroatoms. The lowest BCUT2D eigenvalue weighted by Gasteiger charge is -2.31. The average molecular weight is 765 g/mol. The van der Waals surface area contributed by atoms with Gasteiger partial charge >= 0.3 is 18.8 Å². The minimum atomic E-state index is -5.08. The zero-order chi connectivity index (χ0) is 38.3. The topological polar surface area (TPSA) is 155 Å². The molecule has 2 aromatic carbocycles. The highest BCUT2D eigenvalue weighted by molar-refractivity contribution is 6.34. The van der Waals surface area contributed by atoms with Crippen molar-refractivity contribution in [3.05, 3.63) is 64.6 Å². The van der Waals surface area contributed by atoms with Crippen LogP contribution in [0.4, 0.5) is 36.4 Å². The number of ether oxygens (including phenoxy) is 1. The Balaban J connectivity index is 0.000000785. The number of nitrogens with one attached hydrogen (secondary N) is 3. The Labute approximate surface area is 296 Å². The minimum Gasteiger partial charge on any atom is -0.475 e. The predicted octanol–water partition coefficient (Wildman–Crippen LogP) is 5.08. The molecule has 12 nitrogen and oxygen atoms in total. The van der Waals surface area contributed by atoms with Gasteiger partial charge in [-0.15, -0.1) is 0 Å². The van der Waals surface area contributed by atoms with Crippen LogP contribution in [0.3, 0.4) is 0 Å². The average Bonchev–Trinajstić information content (AvgIpc) is 3.75. The first-order chi connectivity index (χ1) is 24.5. The van der Waals surface area contributed by atoms with Crippen LogP contribution in [0.2, 0.25) is 5.02 Å². The number of likely N-dealkylation sites (tertiary alicyclic amines) is 1. The molecule has 0 aliphatic carbocycles. The highest BCUT2D eigenvalue weighted by Gasteiger charge is 2.38. The second kappa shape index (κ2) is 17.1. The number of hydrogen-bond acceptors (Lipinski definition) is 7. The molecule has 0 spiro atoms. The van der Waals surface area contributed by atoms with Gasteiger partial charge in [-0.1, -0.05) is 11.6 Å². The van der Waals surface area contributed by atoms with Crippen LogP contribution in [-0.2, 0) is 16.6 Å². The summed E-state index contributed by atoms with van der Waals surface area (Å²) in [6, 6.07) is 6.28. The molecule has 0 radical (unpaired) electrons. The summed E-state index contributed by atoms with van der Waals surface area (Å²) in [5, 5.41) is 16.1. The van der Waals surface area contributed by atoms with E-state index in [1.54, 1.807) is 4.90 Å². The van der Waals surface area contributed by atoms with Crippen molar-refractivity contribution >= 4 is 41.0 Å². The Morgan fingerprint density at radius 3 is 2.33 bits per heavy atom. The Morgan fingerprint density at radius 2 is 1.75 bits per heavy atom. The number of rotatable bonds is 9. The maximum atomic E-state index is 14.6. The number of benzene rings is 2. The van der Waals surface area contributed by atoms with Crippen LogP contribution in [0, 0.1) is 23.5 Å². The predicted molar refractivity (Wildman–Crippen MR) is 171 cm³/mol. The van der Waals surface area contributed by atoms with E-state index in [1.807, 2.05) is 0 Å². The van der Waals surface area contributed by atoms with Gasteiger partial charge in [0.2, 0.25) is 11.7 Å². The Hall–Kier alpha value is -4.91. The Kier molecular flexibility index (Phi) is 13.1. The fraction of sp³-hybridized carbons (Fsp3) is 0.406. The molecule has 3 amide bonds. The molecule has 0 bridgehead atoms. The highest BCUT2D eigenvalue weighted by atomic mass is 35.5. The van der Waals surface area contributed by atoms with Gasteiger partial charge < -0.3 is 35.3 Å². The van der Waals surface area contributed by atoms with Gasteiger partial charge in [-0.3, -0.25) is 14.4 Å². The van der Waals surface area contributed by atoms with Crippen molar-refractivity contribution in [1.29, 1.82) is 0 Å². The number of hydrogen-bond donors (Lipinski definition) is 4. The van der Waals surface area contributed by atoms with Gasteiger partial charge in [0.1, 0.15) is 0 Å². The standard InChI is InChI=1S/C30H31ClF4N6O4.C2HF3O2/c1-40-22(20-4-5-23(45-30(34)35)25(33)24(20)32)15-37-26(40)28(43)39-18-2-3-19(21(31)12-18)29(44)41-10-7-17(8-11-41)27(42)38-14-16-6-9-36-13-16;3-2(4,5)1(6)7/h2-5,12,15-17,30,36H,6-11,13-14H2,1H3,(H,38,42)(H,39,43);(H,6,7). The second-order valence-electron chi connectivity index (χ2n) is 11.8. The van der Waals surface area contributed by atoms with Gasteiger partial charge in [0.05, 0.1) is 22.5 Å². The molecule has 1 aromatic heterocycles. The molecule has 52 heavy (non-hydrogen) atoms. The summed E-state index contributed by atoms with van der Waals surface area (Å²) < 4.78 is 90.7. The molecule has 2 aliphatic rings. The molecule has 282 valence electrons. The van der Waals surface area contributed by atoms with Gasteiger partial charge in [0.15, 0.2) is 17.4 Å². The Morgan fingerprint density at radius 1 is 1.08 bits per heavy atom. The van der Waals surface area contributed by atoms with Gasteiger partial charge in [-0.05, 0) is 68.6 Å². The molecular weight excluding hydrogens is 733 g/mol. The molecule has 2 fully saturated rings. The van der Waals surface area contributed by atoms with Crippen molar-refractivity contribution in [2.75, 3.05) is 38.0 Å². The first-order valence-electron chi connectivity index (χ1n) is 15.6. The number of carbonyl (C=O) groups excluding carboxylic acids is 3.